The molecule has 182 valence electrons. The minimum absolute atomic E-state index is 0.0498. The van der Waals surface area contributed by atoms with Crippen molar-refractivity contribution in [2.45, 2.75) is 5.41 Å². The smallest absolute Gasteiger partial charge is 0.177 e. The zero-order valence-corrected chi connectivity index (χ0v) is 20.0. The summed E-state index contributed by atoms with van der Waals surface area (Å²) in [4.78, 5) is 11.5. The summed E-state index contributed by atoms with van der Waals surface area (Å²) in [6, 6.07) is 7.77. The van der Waals surface area contributed by atoms with Gasteiger partial charge >= 0.3 is 0 Å². The monoisotopic (exact) mass is 506 g/mol. The van der Waals surface area contributed by atoms with E-state index in [9.17, 15) is 8.78 Å². The number of aryl methyl sites for hydroxylation is 1. The van der Waals surface area contributed by atoms with E-state index in [2.05, 4.69) is 25.2 Å². The summed E-state index contributed by atoms with van der Waals surface area (Å²) in [5.74, 6) is -0.285. The maximum atomic E-state index is 14.6. The molecule has 2 fully saturated rings. The molecule has 0 bridgehead atoms. The van der Waals surface area contributed by atoms with E-state index in [0.717, 1.165) is 16.5 Å². The predicted molar refractivity (Wildman–Crippen MR) is 133 cm³/mol. The molecule has 0 unspecified atom stereocenters. The average molecular weight is 507 g/mol. The van der Waals surface area contributed by atoms with E-state index < -0.39 is 17.0 Å². The number of halogens is 3. The SMILES string of the molecule is Cn1cc2c(Cl)c(-c3n[nH]c4nc(N5C[C@@H]6[C@H](C5)[C@]6(CN)c5c(F)cccc5F)cnc34)ccc2n1. The number of fused-ring (bicyclic) bond motifs is 3. The summed E-state index contributed by atoms with van der Waals surface area (Å²) in [5, 5.41) is 13.2. The summed E-state index contributed by atoms with van der Waals surface area (Å²) in [5.41, 5.74) is 8.83. The highest BCUT2D eigenvalue weighted by Crippen LogP contribution is 2.64. The largest absolute Gasteiger partial charge is 0.355 e. The second-order valence-corrected chi connectivity index (χ2v) is 10.00. The van der Waals surface area contributed by atoms with Crippen molar-refractivity contribution < 1.29 is 8.78 Å². The van der Waals surface area contributed by atoms with Gasteiger partial charge in [0.1, 0.15) is 28.7 Å². The van der Waals surface area contributed by atoms with Crippen LogP contribution in [0.15, 0.2) is 42.7 Å². The van der Waals surface area contributed by atoms with Crippen LogP contribution >= 0.6 is 11.6 Å². The number of H-pyrrole nitrogens is 1. The third kappa shape index (κ3) is 2.82. The molecule has 0 radical (unpaired) electrons. The van der Waals surface area contributed by atoms with Crippen LogP contribution < -0.4 is 10.6 Å². The maximum Gasteiger partial charge on any atom is 0.177 e. The summed E-state index contributed by atoms with van der Waals surface area (Å²) in [7, 11) is 1.85. The van der Waals surface area contributed by atoms with Gasteiger partial charge in [0.15, 0.2) is 5.65 Å². The van der Waals surface area contributed by atoms with Gasteiger partial charge in [-0.25, -0.2) is 18.7 Å². The van der Waals surface area contributed by atoms with Crippen LogP contribution in [-0.2, 0) is 12.5 Å². The first-order valence-electron chi connectivity index (χ1n) is 11.6. The van der Waals surface area contributed by atoms with Crippen molar-refractivity contribution in [2.24, 2.45) is 24.6 Å². The fraction of sp³-hybridized carbons (Fsp3) is 0.280. The molecule has 0 spiro atoms. The number of anilines is 1. The van der Waals surface area contributed by atoms with Crippen molar-refractivity contribution in [3.8, 4) is 11.3 Å². The Morgan fingerprint density at radius 1 is 1.17 bits per heavy atom. The van der Waals surface area contributed by atoms with Gasteiger partial charge in [0, 0.05) is 54.8 Å². The van der Waals surface area contributed by atoms with Crippen LogP contribution in [0.4, 0.5) is 14.6 Å². The van der Waals surface area contributed by atoms with E-state index in [-0.39, 0.29) is 23.9 Å². The van der Waals surface area contributed by atoms with Crippen LogP contribution in [-0.4, -0.2) is 49.6 Å². The highest BCUT2D eigenvalue weighted by molar-refractivity contribution is 6.38. The highest BCUT2D eigenvalue weighted by Gasteiger charge is 2.69. The second kappa shape index (κ2) is 7.44. The molecule has 2 aromatic carbocycles. The lowest BCUT2D eigenvalue weighted by atomic mass is 9.89. The van der Waals surface area contributed by atoms with Crippen LogP contribution in [0.3, 0.4) is 0 Å². The molecular weight excluding hydrogens is 486 g/mol. The lowest BCUT2D eigenvalue weighted by molar-refractivity contribution is 0.470. The first-order valence-corrected chi connectivity index (χ1v) is 12.0. The molecule has 4 heterocycles. The lowest BCUT2D eigenvalue weighted by Gasteiger charge is -2.27. The molecule has 3 atom stereocenters. The van der Waals surface area contributed by atoms with E-state index in [1.54, 1.807) is 10.9 Å². The fourth-order valence-electron chi connectivity index (χ4n) is 6.13. The number of hydrogen-bond donors (Lipinski definition) is 2. The first-order chi connectivity index (χ1) is 17.4. The van der Waals surface area contributed by atoms with Gasteiger partial charge in [0.25, 0.3) is 0 Å². The first kappa shape index (κ1) is 21.6. The molecule has 2 aliphatic rings. The predicted octanol–water partition coefficient (Wildman–Crippen LogP) is 3.80. The van der Waals surface area contributed by atoms with Gasteiger partial charge in [-0.05, 0) is 36.1 Å². The number of nitrogens with one attached hydrogen (secondary N) is 1. The van der Waals surface area contributed by atoms with Gasteiger partial charge in [0.05, 0.1) is 16.7 Å². The molecule has 11 heteroatoms. The van der Waals surface area contributed by atoms with Gasteiger partial charge < -0.3 is 10.6 Å². The number of aromatic nitrogens is 6. The van der Waals surface area contributed by atoms with E-state index in [1.807, 2.05) is 25.4 Å². The third-order valence-corrected chi connectivity index (χ3v) is 8.28. The quantitative estimate of drug-likeness (QED) is 0.384. The molecule has 3 aromatic heterocycles. The van der Waals surface area contributed by atoms with Crippen molar-refractivity contribution in [2.75, 3.05) is 24.5 Å². The number of hydrogen-bond acceptors (Lipinski definition) is 6. The Kier molecular flexibility index (Phi) is 4.47. The second-order valence-electron chi connectivity index (χ2n) is 9.62. The molecule has 1 aliphatic heterocycles. The van der Waals surface area contributed by atoms with Gasteiger partial charge in [-0.15, -0.1) is 0 Å². The Balaban J connectivity index is 1.19. The van der Waals surface area contributed by atoms with E-state index in [1.165, 1.54) is 18.2 Å². The molecule has 1 saturated heterocycles. The molecule has 5 aromatic rings. The molecular formula is C25H21ClF2N8. The molecule has 8 nitrogen and oxygen atoms in total. The highest BCUT2D eigenvalue weighted by atomic mass is 35.5. The molecule has 3 N–H and O–H groups in total. The summed E-state index contributed by atoms with van der Waals surface area (Å²) < 4.78 is 30.9. The Morgan fingerprint density at radius 3 is 2.64 bits per heavy atom. The zero-order valence-electron chi connectivity index (χ0n) is 19.2. The maximum absolute atomic E-state index is 14.6. The van der Waals surface area contributed by atoms with Crippen LogP contribution in [0.5, 0.6) is 0 Å². The standard InChI is InChI=1S/C25H21ClF2N8/c1-35-8-13-18(34-35)6-5-12(21(13)26)22-23-24(33-32-22)31-19(7-30-23)36-9-14-15(10-36)25(14,11-29)20-16(27)3-2-4-17(20)28/h2-8,14-15H,9-11,29H2,1H3,(H,31,32,33)/t14-,15+,25-. The zero-order chi connectivity index (χ0) is 24.8. The van der Waals surface area contributed by atoms with Crippen molar-refractivity contribution in [3.63, 3.8) is 0 Å². The van der Waals surface area contributed by atoms with Crippen molar-refractivity contribution in [3.05, 3.63) is 64.9 Å². The summed E-state index contributed by atoms with van der Waals surface area (Å²) in [6.45, 7) is 1.39. The molecule has 0 amide bonds. The normalized spacial score (nSPS) is 23.1. The number of aromatic amines is 1. The Labute approximate surface area is 209 Å². The van der Waals surface area contributed by atoms with Crippen LogP contribution in [0.2, 0.25) is 5.02 Å². The number of piperidine rings is 1. The van der Waals surface area contributed by atoms with Gasteiger partial charge in [-0.2, -0.15) is 10.2 Å². The molecule has 1 saturated carbocycles. The van der Waals surface area contributed by atoms with Crippen LogP contribution in [0.25, 0.3) is 33.3 Å². The summed E-state index contributed by atoms with van der Waals surface area (Å²) in [6.07, 6.45) is 3.57. The van der Waals surface area contributed by atoms with Crippen LogP contribution in [0, 0.1) is 23.5 Å². The van der Waals surface area contributed by atoms with Gasteiger partial charge in [0.2, 0.25) is 0 Å². The number of nitrogens with two attached hydrogens (primary N) is 1. The van der Waals surface area contributed by atoms with Crippen molar-refractivity contribution in [1.29, 1.82) is 0 Å². The molecule has 1 aliphatic carbocycles. The number of rotatable bonds is 4. The molecule has 36 heavy (non-hydrogen) atoms. The Hall–Kier alpha value is -3.63. The number of benzene rings is 2. The number of nitrogens with zero attached hydrogens (tertiary/aromatic N) is 6. The van der Waals surface area contributed by atoms with Gasteiger partial charge in [-0.3, -0.25) is 9.78 Å². The Morgan fingerprint density at radius 2 is 1.92 bits per heavy atom. The van der Waals surface area contributed by atoms with Crippen molar-refractivity contribution in [1.82, 2.24) is 29.9 Å². The van der Waals surface area contributed by atoms with E-state index in [0.29, 0.717) is 40.8 Å². The minimum atomic E-state index is -0.674. The lowest BCUT2D eigenvalue weighted by Crippen LogP contribution is -2.36. The summed E-state index contributed by atoms with van der Waals surface area (Å²) >= 11 is 6.69. The van der Waals surface area contributed by atoms with Crippen LogP contribution in [0.1, 0.15) is 5.56 Å². The van der Waals surface area contributed by atoms with E-state index in [4.69, 9.17) is 22.3 Å². The average Bonchev–Trinajstić information content (AvgIpc) is 3.32. The molecule has 7 rings (SSSR count). The minimum Gasteiger partial charge on any atom is -0.355 e. The topological polar surface area (TPSA) is 102 Å². The van der Waals surface area contributed by atoms with E-state index >= 15 is 0 Å². The van der Waals surface area contributed by atoms with Gasteiger partial charge in [-0.1, -0.05) is 17.7 Å². The third-order valence-electron chi connectivity index (χ3n) is 7.88. The van der Waals surface area contributed by atoms with Crippen molar-refractivity contribution >= 4 is 39.5 Å². The fourth-order valence-corrected chi connectivity index (χ4v) is 6.43. The Bertz CT molecular complexity index is 1650.